The van der Waals surface area contributed by atoms with Gasteiger partial charge in [-0.2, -0.15) is 4.98 Å². The lowest BCUT2D eigenvalue weighted by molar-refractivity contribution is -0.116. The predicted octanol–water partition coefficient (Wildman–Crippen LogP) is 3.02. The maximum Gasteiger partial charge on any atom is 0.234 e. The molecule has 4 heterocycles. The van der Waals surface area contributed by atoms with Crippen LogP contribution in [0, 0.1) is 5.92 Å². The van der Waals surface area contributed by atoms with E-state index >= 15 is 0 Å². The molecular weight excluding hydrogens is 378 g/mol. The fourth-order valence-corrected chi connectivity index (χ4v) is 4.21. The Kier molecular flexibility index (Phi) is 4.84. The number of epoxide rings is 1. The van der Waals surface area contributed by atoms with Crippen molar-refractivity contribution >= 4 is 41.2 Å². The molecule has 1 saturated heterocycles. The van der Waals surface area contributed by atoms with Gasteiger partial charge in [-0.15, -0.1) is 11.8 Å². The third-order valence-corrected chi connectivity index (χ3v) is 5.65. The summed E-state index contributed by atoms with van der Waals surface area (Å²) in [4.78, 5) is 29.9. The number of fused-ring (bicyclic) bond motifs is 2. The highest BCUT2D eigenvalue weighted by molar-refractivity contribution is 8.00. The lowest BCUT2D eigenvalue weighted by atomic mass is 10.1. The smallest absolute Gasteiger partial charge is 0.234 e. The second kappa shape index (κ2) is 7.17. The summed E-state index contributed by atoms with van der Waals surface area (Å²) in [5.41, 5.74) is 0. The second-order valence-electron chi connectivity index (χ2n) is 7.77. The number of thioether (sulfide) groups is 1. The Balaban J connectivity index is 1.48. The highest BCUT2D eigenvalue weighted by atomic mass is 32.2. The first-order valence-electron chi connectivity index (χ1n) is 9.18. The zero-order valence-corrected chi connectivity index (χ0v) is 17.0. The van der Waals surface area contributed by atoms with Crippen LogP contribution in [-0.2, 0) is 9.53 Å². The summed E-state index contributed by atoms with van der Waals surface area (Å²) in [6.45, 7) is 8.30. The van der Waals surface area contributed by atoms with E-state index < -0.39 is 0 Å². The van der Waals surface area contributed by atoms with Gasteiger partial charge in [-0.05, 0) is 31.9 Å². The molecule has 0 aromatic carbocycles. The number of hydrogen-bond acceptors (Lipinski definition) is 9. The molecular formula is C18H23N7O2S. The quantitative estimate of drug-likeness (QED) is 0.650. The SMILES string of the molecule is CC(C)CC(=O)Nc1ncnc(Nc2ccc3c(n2)NC2OC2C(C)(C)S3)n1. The standard InChI is InChI=1S/C18H23N7O2S/c1-9(2)7-12(26)23-17-20-8-19-16(25-17)22-11-6-5-10-14(21-11)24-15-13(27-15)18(3,4)28-10/h5-6,8-9,13,15H,7H2,1-4H3,(H3,19,20,21,22,23,24,25,26). The van der Waals surface area contributed by atoms with Crippen molar-refractivity contribution in [3.8, 4) is 0 Å². The average Bonchev–Trinajstić information content (AvgIpc) is 3.37. The van der Waals surface area contributed by atoms with Gasteiger partial charge in [0.05, 0.1) is 4.90 Å². The van der Waals surface area contributed by atoms with Gasteiger partial charge in [-0.1, -0.05) is 13.8 Å². The van der Waals surface area contributed by atoms with Crippen molar-refractivity contribution in [2.24, 2.45) is 5.92 Å². The summed E-state index contributed by atoms with van der Waals surface area (Å²) in [6, 6.07) is 3.89. The fraction of sp³-hybridized carbons (Fsp3) is 0.500. The van der Waals surface area contributed by atoms with Crippen molar-refractivity contribution in [1.29, 1.82) is 0 Å². The van der Waals surface area contributed by atoms with Crippen LogP contribution in [-0.4, -0.2) is 42.9 Å². The zero-order chi connectivity index (χ0) is 19.9. The highest BCUT2D eigenvalue weighted by Gasteiger charge is 2.53. The van der Waals surface area contributed by atoms with E-state index in [-0.39, 0.29) is 34.9 Å². The molecule has 0 radical (unpaired) electrons. The van der Waals surface area contributed by atoms with E-state index in [4.69, 9.17) is 4.74 Å². The lowest BCUT2D eigenvalue weighted by Gasteiger charge is -2.20. The van der Waals surface area contributed by atoms with Crippen molar-refractivity contribution in [2.45, 2.75) is 56.1 Å². The van der Waals surface area contributed by atoms with Gasteiger partial charge in [0, 0.05) is 11.2 Å². The van der Waals surface area contributed by atoms with Crippen LogP contribution in [0.1, 0.15) is 34.1 Å². The van der Waals surface area contributed by atoms with Gasteiger partial charge in [0.15, 0.2) is 6.23 Å². The first-order chi connectivity index (χ1) is 13.3. The third-order valence-electron chi connectivity index (χ3n) is 4.34. The molecule has 0 saturated carbocycles. The Morgan fingerprint density at radius 1 is 1.29 bits per heavy atom. The van der Waals surface area contributed by atoms with Crippen LogP contribution in [0.4, 0.5) is 23.5 Å². The number of nitrogens with zero attached hydrogens (tertiary/aromatic N) is 4. The monoisotopic (exact) mass is 401 g/mol. The maximum absolute atomic E-state index is 11.9. The molecule has 0 aliphatic carbocycles. The van der Waals surface area contributed by atoms with Crippen molar-refractivity contribution in [1.82, 2.24) is 19.9 Å². The van der Waals surface area contributed by atoms with E-state index in [9.17, 15) is 4.79 Å². The molecule has 28 heavy (non-hydrogen) atoms. The molecule has 2 aliphatic heterocycles. The Morgan fingerprint density at radius 3 is 2.86 bits per heavy atom. The number of carbonyl (C=O) groups excluding carboxylic acids is 1. The Bertz CT molecular complexity index is 905. The molecule has 9 nitrogen and oxygen atoms in total. The van der Waals surface area contributed by atoms with E-state index in [2.05, 4.69) is 49.7 Å². The molecule has 2 unspecified atom stereocenters. The van der Waals surface area contributed by atoms with Crippen molar-refractivity contribution in [2.75, 3.05) is 16.0 Å². The number of nitrogens with one attached hydrogen (secondary N) is 3. The number of aromatic nitrogens is 4. The van der Waals surface area contributed by atoms with Crippen molar-refractivity contribution in [3.63, 3.8) is 0 Å². The number of amides is 1. The summed E-state index contributed by atoms with van der Waals surface area (Å²) < 4.78 is 5.69. The summed E-state index contributed by atoms with van der Waals surface area (Å²) >= 11 is 1.75. The van der Waals surface area contributed by atoms with Crippen LogP contribution in [0.3, 0.4) is 0 Å². The predicted molar refractivity (Wildman–Crippen MR) is 108 cm³/mol. The third kappa shape index (κ3) is 4.17. The van der Waals surface area contributed by atoms with Crippen LogP contribution in [0.5, 0.6) is 0 Å². The normalized spacial score (nSPS) is 21.8. The number of anilines is 4. The molecule has 2 aliphatic rings. The topological polar surface area (TPSA) is 117 Å². The van der Waals surface area contributed by atoms with Gasteiger partial charge in [0.2, 0.25) is 17.8 Å². The minimum atomic E-state index is -0.127. The van der Waals surface area contributed by atoms with E-state index in [0.29, 0.717) is 18.2 Å². The Labute approximate surface area is 167 Å². The van der Waals surface area contributed by atoms with Gasteiger partial charge in [-0.25, -0.2) is 15.0 Å². The van der Waals surface area contributed by atoms with Crippen LogP contribution in [0.25, 0.3) is 0 Å². The molecule has 0 bridgehead atoms. The average molecular weight is 401 g/mol. The number of ether oxygens (including phenoxy) is 1. The molecule has 1 fully saturated rings. The zero-order valence-electron chi connectivity index (χ0n) is 16.2. The number of carbonyl (C=O) groups is 1. The molecule has 1 amide bonds. The molecule has 0 spiro atoms. The van der Waals surface area contributed by atoms with Gasteiger partial charge in [0.25, 0.3) is 0 Å². The van der Waals surface area contributed by atoms with Crippen LogP contribution < -0.4 is 16.0 Å². The Hall–Kier alpha value is -2.46. The summed E-state index contributed by atoms with van der Waals surface area (Å²) in [5.74, 6) is 2.01. The molecule has 3 N–H and O–H groups in total. The first-order valence-corrected chi connectivity index (χ1v) is 10.00. The largest absolute Gasteiger partial charge is 0.346 e. The van der Waals surface area contributed by atoms with Gasteiger partial charge in [0.1, 0.15) is 24.1 Å². The van der Waals surface area contributed by atoms with Crippen LogP contribution in [0.15, 0.2) is 23.4 Å². The lowest BCUT2D eigenvalue weighted by Crippen LogP contribution is -2.24. The minimum absolute atomic E-state index is 0.00792. The molecule has 4 rings (SSSR count). The number of pyridine rings is 1. The van der Waals surface area contributed by atoms with E-state index in [0.717, 1.165) is 10.7 Å². The molecule has 148 valence electrons. The fourth-order valence-electron chi connectivity index (χ4n) is 3.01. The van der Waals surface area contributed by atoms with Crippen molar-refractivity contribution in [3.05, 3.63) is 18.5 Å². The summed E-state index contributed by atoms with van der Waals surface area (Å²) in [7, 11) is 0. The second-order valence-corrected chi connectivity index (χ2v) is 9.47. The molecule has 2 aromatic rings. The number of rotatable bonds is 5. The summed E-state index contributed by atoms with van der Waals surface area (Å²) in [6.07, 6.45) is 1.92. The van der Waals surface area contributed by atoms with Crippen LogP contribution in [0.2, 0.25) is 0 Å². The number of hydrogen-bond donors (Lipinski definition) is 3. The van der Waals surface area contributed by atoms with E-state index in [1.54, 1.807) is 11.8 Å². The molecule has 10 heteroatoms. The first kappa shape index (κ1) is 18.9. The molecule has 2 atom stereocenters. The maximum atomic E-state index is 11.9. The molecule has 2 aromatic heterocycles. The summed E-state index contributed by atoms with van der Waals surface area (Å²) in [5, 5.41) is 9.08. The van der Waals surface area contributed by atoms with Gasteiger partial charge in [-0.3, -0.25) is 10.1 Å². The van der Waals surface area contributed by atoms with Crippen molar-refractivity contribution < 1.29 is 9.53 Å². The van der Waals surface area contributed by atoms with Gasteiger partial charge < -0.3 is 15.4 Å². The minimum Gasteiger partial charge on any atom is -0.346 e. The van der Waals surface area contributed by atoms with E-state index in [1.807, 2.05) is 26.0 Å². The highest BCUT2D eigenvalue weighted by Crippen LogP contribution is 2.49. The van der Waals surface area contributed by atoms with Crippen LogP contribution >= 0.6 is 11.8 Å². The van der Waals surface area contributed by atoms with Gasteiger partial charge >= 0.3 is 0 Å². The Morgan fingerprint density at radius 2 is 2.07 bits per heavy atom. The van der Waals surface area contributed by atoms with E-state index in [1.165, 1.54) is 6.33 Å².